The first-order valence-corrected chi connectivity index (χ1v) is 8.26. The molecule has 0 aliphatic heterocycles. The lowest BCUT2D eigenvalue weighted by atomic mass is 10.1. The number of benzene rings is 2. The van der Waals surface area contributed by atoms with E-state index in [1.165, 1.54) is 34.4 Å². The van der Waals surface area contributed by atoms with Gasteiger partial charge in [0, 0.05) is 22.1 Å². The molecule has 0 aliphatic carbocycles. The number of rotatable bonds is 6. The predicted octanol–water partition coefficient (Wildman–Crippen LogP) is 5.16. The molecule has 3 heteroatoms. The average molecular weight is 324 g/mol. The summed E-state index contributed by atoms with van der Waals surface area (Å²) in [5, 5.41) is 6.10. The van der Waals surface area contributed by atoms with Gasteiger partial charge < -0.3 is 5.32 Å². The Morgan fingerprint density at radius 1 is 1.11 bits per heavy atom. The second-order valence-corrected chi connectivity index (χ2v) is 6.37. The number of hydrogen-bond acceptors (Lipinski definition) is 2. The van der Waals surface area contributed by atoms with E-state index in [0.717, 1.165) is 11.0 Å². The van der Waals surface area contributed by atoms with E-state index in [1.807, 2.05) is 11.8 Å². The number of halogens is 1. The van der Waals surface area contributed by atoms with Crippen LogP contribution < -0.4 is 5.32 Å². The van der Waals surface area contributed by atoms with Crippen LogP contribution in [-0.4, -0.2) is 18.1 Å². The molecule has 0 amide bonds. The Bertz CT molecular complexity index is 513. The van der Waals surface area contributed by atoms with Crippen LogP contribution in [0.3, 0.4) is 0 Å². The summed E-state index contributed by atoms with van der Waals surface area (Å²) < 4.78 is 1.16. The SMILES string of the molecule is CCSCCCNc1ccc(Br)c2ccccc12. The van der Waals surface area contributed by atoms with E-state index in [1.54, 1.807) is 0 Å². The van der Waals surface area contributed by atoms with Crippen LogP contribution >= 0.6 is 27.7 Å². The molecule has 0 saturated carbocycles. The molecule has 1 N–H and O–H groups in total. The quantitative estimate of drug-likeness (QED) is 0.737. The summed E-state index contributed by atoms with van der Waals surface area (Å²) in [5.41, 5.74) is 1.23. The van der Waals surface area contributed by atoms with Gasteiger partial charge in [0.25, 0.3) is 0 Å². The van der Waals surface area contributed by atoms with Crippen molar-refractivity contribution in [3.63, 3.8) is 0 Å². The highest BCUT2D eigenvalue weighted by Gasteiger charge is 2.02. The van der Waals surface area contributed by atoms with Gasteiger partial charge in [-0.05, 0) is 35.4 Å². The van der Waals surface area contributed by atoms with Crippen molar-refractivity contribution in [1.29, 1.82) is 0 Å². The number of fused-ring (bicyclic) bond motifs is 1. The maximum absolute atomic E-state index is 3.60. The molecular weight excluding hydrogens is 306 g/mol. The van der Waals surface area contributed by atoms with E-state index >= 15 is 0 Å². The van der Waals surface area contributed by atoms with Crippen molar-refractivity contribution in [2.45, 2.75) is 13.3 Å². The number of anilines is 1. The zero-order chi connectivity index (χ0) is 12.8. The molecule has 0 saturated heterocycles. The molecule has 0 atom stereocenters. The third kappa shape index (κ3) is 3.42. The Morgan fingerprint density at radius 3 is 2.67 bits per heavy atom. The molecule has 0 unspecified atom stereocenters. The molecule has 0 spiro atoms. The summed E-state index contributed by atoms with van der Waals surface area (Å²) >= 11 is 5.60. The molecular formula is C15H18BrNS. The first-order chi connectivity index (χ1) is 8.83. The van der Waals surface area contributed by atoms with Crippen LogP contribution in [0.25, 0.3) is 10.8 Å². The average Bonchev–Trinajstić information content (AvgIpc) is 2.41. The number of thioether (sulfide) groups is 1. The molecule has 0 heterocycles. The summed E-state index contributed by atoms with van der Waals surface area (Å²) in [6.45, 7) is 3.25. The third-order valence-electron chi connectivity index (χ3n) is 2.86. The van der Waals surface area contributed by atoms with Crippen molar-refractivity contribution >= 4 is 44.2 Å². The largest absolute Gasteiger partial charge is 0.385 e. The molecule has 0 fully saturated rings. The van der Waals surface area contributed by atoms with Crippen LogP contribution in [0.2, 0.25) is 0 Å². The Morgan fingerprint density at radius 2 is 1.89 bits per heavy atom. The van der Waals surface area contributed by atoms with Gasteiger partial charge in [-0.3, -0.25) is 0 Å². The van der Waals surface area contributed by atoms with Gasteiger partial charge in [0.2, 0.25) is 0 Å². The lowest BCUT2D eigenvalue weighted by molar-refractivity contribution is 0.994. The highest BCUT2D eigenvalue weighted by atomic mass is 79.9. The minimum absolute atomic E-state index is 1.04. The smallest absolute Gasteiger partial charge is 0.0420 e. The van der Waals surface area contributed by atoms with Crippen molar-refractivity contribution in [3.8, 4) is 0 Å². The monoisotopic (exact) mass is 323 g/mol. The molecule has 0 aliphatic rings. The van der Waals surface area contributed by atoms with Gasteiger partial charge in [-0.1, -0.05) is 47.1 Å². The summed E-state index contributed by atoms with van der Waals surface area (Å²) in [6, 6.07) is 12.8. The molecule has 2 aromatic carbocycles. The van der Waals surface area contributed by atoms with E-state index in [2.05, 4.69) is 64.6 Å². The van der Waals surface area contributed by atoms with Crippen LogP contribution in [0.4, 0.5) is 5.69 Å². The molecule has 96 valence electrons. The summed E-state index contributed by atoms with van der Waals surface area (Å²) in [7, 11) is 0. The van der Waals surface area contributed by atoms with Crippen molar-refractivity contribution in [2.75, 3.05) is 23.4 Å². The van der Waals surface area contributed by atoms with Crippen LogP contribution in [0.1, 0.15) is 13.3 Å². The van der Waals surface area contributed by atoms with E-state index < -0.39 is 0 Å². The zero-order valence-electron chi connectivity index (χ0n) is 10.6. The van der Waals surface area contributed by atoms with Crippen LogP contribution in [-0.2, 0) is 0 Å². The Balaban J connectivity index is 2.07. The summed E-state index contributed by atoms with van der Waals surface area (Å²) in [4.78, 5) is 0. The lowest BCUT2D eigenvalue weighted by Crippen LogP contribution is -2.03. The molecule has 2 rings (SSSR count). The minimum Gasteiger partial charge on any atom is -0.385 e. The Kier molecular flexibility index (Phi) is 5.39. The Labute approximate surface area is 121 Å². The standard InChI is InChI=1S/C15H18BrNS/c1-2-18-11-5-10-17-15-9-8-14(16)12-6-3-4-7-13(12)15/h3-4,6-9,17H,2,5,10-11H2,1H3. The highest BCUT2D eigenvalue weighted by molar-refractivity contribution is 9.10. The fourth-order valence-electron chi connectivity index (χ4n) is 1.96. The van der Waals surface area contributed by atoms with Gasteiger partial charge in [-0.15, -0.1) is 0 Å². The second kappa shape index (κ2) is 7.05. The van der Waals surface area contributed by atoms with Gasteiger partial charge in [0.1, 0.15) is 0 Å². The van der Waals surface area contributed by atoms with E-state index in [-0.39, 0.29) is 0 Å². The fourth-order valence-corrected chi connectivity index (χ4v) is 3.07. The molecule has 2 aromatic rings. The summed E-state index contributed by atoms with van der Waals surface area (Å²) in [6.07, 6.45) is 1.21. The first-order valence-electron chi connectivity index (χ1n) is 6.32. The van der Waals surface area contributed by atoms with E-state index in [4.69, 9.17) is 0 Å². The molecule has 18 heavy (non-hydrogen) atoms. The first kappa shape index (κ1) is 13.8. The second-order valence-electron chi connectivity index (χ2n) is 4.12. The zero-order valence-corrected chi connectivity index (χ0v) is 13.0. The van der Waals surface area contributed by atoms with Crippen LogP contribution in [0, 0.1) is 0 Å². The van der Waals surface area contributed by atoms with Gasteiger partial charge in [0.05, 0.1) is 0 Å². The summed E-state index contributed by atoms with van der Waals surface area (Å²) in [5.74, 6) is 2.44. The minimum atomic E-state index is 1.04. The van der Waals surface area contributed by atoms with Gasteiger partial charge >= 0.3 is 0 Å². The molecule has 0 bridgehead atoms. The highest BCUT2D eigenvalue weighted by Crippen LogP contribution is 2.29. The van der Waals surface area contributed by atoms with Crippen molar-refractivity contribution in [2.24, 2.45) is 0 Å². The maximum atomic E-state index is 3.60. The van der Waals surface area contributed by atoms with Gasteiger partial charge in [-0.25, -0.2) is 0 Å². The fraction of sp³-hybridized carbons (Fsp3) is 0.333. The van der Waals surface area contributed by atoms with Crippen molar-refractivity contribution in [3.05, 3.63) is 40.9 Å². The Hall–Kier alpha value is -0.670. The number of nitrogens with one attached hydrogen (secondary N) is 1. The third-order valence-corrected chi connectivity index (χ3v) is 4.53. The van der Waals surface area contributed by atoms with Crippen molar-refractivity contribution in [1.82, 2.24) is 0 Å². The van der Waals surface area contributed by atoms with Gasteiger partial charge in [-0.2, -0.15) is 11.8 Å². The van der Waals surface area contributed by atoms with Crippen LogP contribution in [0.5, 0.6) is 0 Å². The molecule has 0 aromatic heterocycles. The van der Waals surface area contributed by atoms with Crippen LogP contribution in [0.15, 0.2) is 40.9 Å². The maximum Gasteiger partial charge on any atom is 0.0420 e. The topological polar surface area (TPSA) is 12.0 Å². The van der Waals surface area contributed by atoms with Gasteiger partial charge in [0.15, 0.2) is 0 Å². The number of hydrogen-bond donors (Lipinski definition) is 1. The molecule has 0 radical (unpaired) electrons. The van der Waals surface area contributed by atoms with Crippen molar-refractivity contribution < 1.29 is 0 Å². The van der Waals surface area contributed by atoms with E-state index in [9.17, 15) is 0 Å². The molecule has 1 nitrogen and oxygen atoms in total. The normalized spacial score (nSPS) is 10.8. The predicted molar refractivity (Wildman–Crippen MR) is 87.8 cm³/mol. The van der Waals surface area contributed by atoms with E-state index in [0.29, 0.717) is 0 Å². The lowest BCUT2D eigenvalue weighted by Gasteiger charge is -2.10.